The third-order valence-electron chi connectivity index (χ3n) is 4.57. The highest BCUT2D eigenvalue weighted by molar-refractivity contribution is 6.33. The second-order valence-corrected chi connectivity index (χ2v) is 7.02. The van der Waals surface area contributed by atoms with Crippen LogP contribution in [0.3, 0.4) is 0 Å². The molecular formula is C17H19ClF3N3O. The Morgan fingerprint density at radius 1 is 1.16 bits per heavy atom. The first-order valence-electron chi connectivity index (χ1n) is 8.20. The largest absolute Gasteiger partial charge is 0.417 e. The number of halogens is 4. The summed E-state index contributed by atoms with van der Waals surface area (Å²) in [4.78, 5) is 19.7. The lowest BCUT2D eigenvalue weighted by Crippen LogP contribution is -2.47. The molecule has 3 rings (SSSR count). The molecule has 1 fully saturated rings. The maximum absolute atomic E-state index is 12.7. The van der Waals surface area contributed by atoms with Gasteiger partial charge in [-0.2, -0.15) is 13.2 Å². The molecule has 2 aliphatic rings. The number of piperazine rings is 1. The van der Waals surface area contributed by atoms with Crippen LogP contribution in [0.15, 0.2) is 24.0 Å². The number of pyridine rings is 1. The molecule has 4 nitrogen and oxygen atoms in total. The fraction of sp³-hybridized carbons (Fsp3) is 0.529. The molecule has 0 saturated carbocycles. The number of anilines is 1. The van der Waals surface area contributed by atoms with Gasteiger partial charge in [0.05, 0.1) is 10.6 Å². The van der Waals surface area contributed by atoms with Gasteiger partial charge in [0.25, 0.3) is 0 Å². The number of allylic oxidation sites excluding steroid dienone is 2. The van der Waals surface area contributed by atoms with Crippen LogP contribution in [0, 0.1) is 5.92 Å². The number of carbonyl (C=O) groups excluding carboxylic acids is 1. The minimum atomic E-state index is -4.45. The maximum atomic E-state index is 12.7. The second-order valence-electron chi connectivity index (χ2n) is 6.62. The van der Waals surface area contributed by atoms with Crippen molar-refractivity contribution in [3.63, 3.8) is 0 Å². The van der Waals surface area contributed by atoms with E-state index in [1.54, 1.807) is 6.08 Å². The number of carbonyl (C=O) groups is 1. The molecule has 0 amide bonds. The van der Waals surface area contributed by atoms with Gasteiger partial charge in [0.1, 0.15) is 5.82 Å². The number of alkyl halides is 3. The molecule has 1 unspecified atom stereocenters. The molecule has 1 aliphatic heterocycles. The first-order valence-corrected chi connectivity index (χ1v) is 8.58. The number of nitrogens with zero attached hydrogens (tertiary/aromatic N) is 3. The molecule has 8 heteroatoms. The molecule has 0 aromatic carbocycles. The van der Waals surface area contributed by atoms with Crippen molar-refractivity contribution in [2.24, 2.45) is 5.92 Å². The summed E-state index contributed by atoms with van der Waals surface area (Å²) in [6, 6.07) is 0.917. The van der Waals surface area contributed by atoms with Gasteiger partial charge in [-0.25, -0.2) is 4.98 Å². The molecule has 2 heterocycles. The fourth-order valence-electron chi connectivity index (χ4n) is 3.32. The first-order chi connectivity index (χ1) is 11.7. The molecule has 0 bridgehead atoms. The van der Waals surface area contributed by atoms with Crippen LogP contribution < -0.4 is 4.90 Å². The van der Waals surface area contributed by atoms with Crippen LogP contribution in [-0.2, 0) is 11.0 Å². The Kier molecular flexibility index (Phi) is 4.95. The van der Waals surface area contributed by atoms with E-state index in [0.717, 1.165) is 24.4 Å². The third kappa shape index (κ3) is 4.08. The molecule has 1 aromatic rings. The lowest BCUT2D eigenvalue weighted by Gasteiger charge is -2.39. The molecule has 1 aliphatic carbocycles. The Labute approximate surface area is 149 Å². The van der Waals surface area contributed by atoms with Crippen LogP contribution in [0.1, 0.15) is 25.3 Å². The van der Waals surface area contributed by atoms with Gasteiger partial charge >= 0.3 is 6.18 Å². The molecule has 0 spiro atoms. The molecular weight excluding hydrogens is 355 g/mol. The van der Waals surface area contributed by atoms with Crippen molar-refractivity contribution < 1.29 is 18.0 Å². The highest BCUT2D eigenvalue weighted by Gasteiger charge is 2.32. The van der Waals surface area contributed by atoms with Crippen LogP contribution in [0.2, 0.25) is 5.02 Å². The van der Waals surface area contributed by atoms with Gasteiger partial charge in [-0.05, 0) is 18.4 Å². The van der Waals surface area contributed by atoms with Gasteiger partial charge in [0.15, 0.2) is 5.78 Å². The predicted molar refractivity (Wildman–Crippen MR) is 89.5 cm³/mol. The van der Waals surface area contributed by atoms with E-state index >= 15 is 0 Å². The van der Waals surface area contributed by atoms with E-state index in [-0.39, 0.29) is 10.8 Å². The van der Waals surface area contributed by atoms with E-state index in [4.69, 9.17) is 11.6 Å². The maximum Gasteiger partial charge on any atom is 0.417 e. The number of hydrogen-bond donors (Lipinski definition) is 0. The number of ketones is 1. The topological polar surface area (TPSA) is 36.4 Å². The normalized spacial score (nSPS) is 22.2. The fourth-order valence-corrected chi connectivity index (χ4v) is 3.61. The average Bonchev–Trinajstić information content (AvgIpc) is 2.53. The zero-order chi connectivity index (χ0) is 18.2. The van der Waals surface area contributed by atoms with E-state index in [1.165, 1.54) is 0 Å². The third-order valence-corrected chi connectivity index (χ3v) is 4.85. The summed E-state index contributed by atoms with van der Waals surface area (Å²) in [7, 11) is 0. The molecule has 25 heavy (non-hydrogen) atoms. The number of rotatable bonds is 2. The summed E-state index contributed by atoms with van der Waals surface area (Å²) < 4.78 is 38.1. The molecule has 1 aromatic heterocycles. The second kappa shape index (κ2) is 6.86. The van der Waals surface area contributed by atoms with E-state index in [1.807, 2.05) is 4.90 Å². The summed E-state index contributed by atoms with van der Waals surface area (Å²) in [5, 5.41) is 0.00366. The molecule has 1 atom stereocenters. The van der Waals surface area contributed by atoms with Gasteiger partial charge in [0, 0.05) is 50.6 Å². The Balaban J connectivity index is 1.68. The first kappa shape index (κ1) is 18.0. The van der Waals surface area contributed by atoms with Crippen LogP contribution in [0.5, 0.6) is 0 Å². The van der Waals surface area contributed by atoms with Crippen molar-refractivity contribution in [3.8, 4) is 0 Å². The Hall–Kier alpha value is -1.76. The Bertz CT molecular complexity index is 697. The number of aromatic nitrogens is 1. The Morgan fingerprint density at radius 3 is 2.36 bits per heavy atom. The van der Waals surface area contributed by atoms with Gasteiger partial charge in [-0.1, -0.05) is 18.5 Å². The monoisotopic (exact) mass is 373 g/mol. The molecule has 136 valence electrons. The van der Waals surface area contributed by atoms with E-state index in [2.05, 4.69) is 16.8 Å². The highest BCUT2D eigenvalue weighted by atomic mass is 35.5. The zero-order valence-electron chi connectivity index (χ0n) is 13.8. The average molecular weight is 374 g/mol. The minimum Gasteiger partial charge on any atom is -0.371 e. The molecule has 1 saturated heterocycles. The zero-order valence-corrected chi connectivity index (χ0v) is 14.6. The summed E-state index contributed by atoms with van der Waals surface area (Å²) in [5.41, 5.74) is 0.203. The van der Waals surface area contributed by atoms with Crippen molar-refractivity contribution in [1.82, 2.24) is 9.88 Å². The van der Waals surface area contributed by atoms with Crippen LogP contribution in [0.25, 0.3) is 0 Å². The summed E-state index contributed by atoms with van der Waals surface area (Å²) >= 11 is 6.02. The standard InChI is InChI=1S/C17H19ClF3N3O/c1-11-6-13(9-14(25)7-11)23-2-4-24(5-3-23)16-15(18)8-12(10-22-16)17(19,20)21/h8-11H,2-7H2,1H3. The van der Waals surface area contributed by atoms with E-state index < -0.39 is 11.7 Å². The quantitative estimate of drug-likeness (QED) is 0.791. The summed E-state index contributed by atoms with van der Waals surface area (Å²) in [6.45, 7) is 4.62. The van der Waals surface area contributed by atoms with Crippen LogP contribution in [-0.4, -0.2) is 41.8 Å². The van der Waals surface area contributed by atoms with Crippen molar-refractivity contribution in [2.75, 3.05) is 31.1 Å². The summed E-state index contributed by atoms with van der Waals surface area (Å²) in [5.74, 6) is 0.872. The lowest BCUT2D eigenvalue weighted by molar-refractivity contribution is -0.137. The highest BCUT2D eigenvalue weighted by Crippen LogP contribution is 2.34. The Morgan fingerprint density at radius 2 is 1.80 bits per heavy atom. The van der Waals surface area contributed by atoms with Gasteiger partial charge in [-0.3, -0.25) is 4.79 Å². The van der Waals surface area contributed by atoms with Crippen molar-refractivity contribution in [3.05, 3.63) is 34.6 Å². The van der Waals surface area contributed by atoms with Gasteiger partial charge in [-0.15, -0.1) is 0 Å². The van der Waals surface area contributed by atoms with E-state index in [0.29, 0.717) is 44.3 Å². The minimum absolute atomic E-state index is 0.00366. The SMILES string of the molecule is CC1CC(=O)C=C(N2CCN(c3ncc(C(F)(F)F)cc3Cl)CC2)C1. The van der Waals surface area contributed by atoms with Crippen molar-refractivity contribution in [1.29, 1.82) is 0 Å². The lowest BCUT2D eigenvalue weighted by atomic mass is 9.92. The molecule has 0 radical (unpaired) electrons. The van der Waals surface area contributed by atoms with Crippen molar-refractivity contribution in [2.45, 2.75) is 25.9 Å². The molecule has 0 N–H and O–H groups in total. The van der Waals surface area contributed by atoms with Crippen LogP contribution >= 0.6 is 11.6 Å². The van der Waals surface area contributed by atoms with Crippen LogP contribution in [0.4, 0.5) is 19.0 Å². The van der Waals surface area contributed by atoms with Gasteiger partial charge in [0.2, 0.25) is 0 Å². The predicted octanol–water partition coefficient (Wildman–Crippen LogP) is 3.76. The van der Waals surface area contributed by atoms with Crippen molar-refractivity contribution >= 4 is 23.2 Å². The van der Waals surface area contributed by atoms with E-state index in [9.17, 15) is 18.0 Å². The summed E-state index contributed by atoms with van der Waals surface area (Å²) in [6.07, 6.45) is -0.444. The number of hydrogen-bond acceptors (Lipinski definition) is 4. The van der Waals surface area contributed by atoms with Gasteiger partial charge < -0.3 is 9.80 Å². The smallest absolute Gasteiger partial charge is 0.371 e.